The Hall–Kier alpha value is -3.03. The number of methoxy groups -OCH3 is 1. The number of furan rings is 1. The predicted molar refractivity (Wildman–Crippen MR) is 77.6 cm³/mol. The molecule has 0 spiro atoms. The molecule has 126 valence electrons. The van der Waals surface area contributed by atoms with Crippen molar-refractivity contribution in [2.24, 2.45) is 0 Å². The van der Waals surface area contributed by atoms with E-state index in [-0.39, 0.29) is 11.3 Å². The average Bonchev–Trinajstić information content (AvgIpc) is 3.05. The molecule has 0 unspecified atom stereocenters. The van der Waals surface area contributed by atoms with Crippen molar-refractivity contribution in [2.75, 3.05) is 7.11 Å². The van der Waals surface area contributed by atoms with Gasteiger partial charge >= 0.3 is 12.1 Å². The molecule has 0 fully saturated rings. The van der Waals surface area contributed by atoms with Crippen molar-refractivity contribution in [1.29, 1.82) is 0 Å². The van der Waals surface area contributed by atoms with Gasteiger partial charge in [-0.15, -0.1) is 0 Å². The van der Waals surface area contributed by atoms with Crippen molar-refractivity contribution in [3.8, 4) is 0 Å². The first-order valence-corrected chi connectivity index (χ1v) is 6.63. The number of halogens is 3. The minimum Gasteiger partial charge on any atom is -0.465 e. The molecule has 1 aromatic carbocycles. The van der Waals surface area contributed by atoms with Gasteiger partial charge in [0.2, 0.25) is 0 Å². The second-order valence-electron chi connectivity index (χ2n) is 4.59. The van der Waals surface area contributed by atoms with Gasteiger partial charge in [0.25, 0.3) is 5.91 Å². The number of hydrogen-bond donors (Lipinski definition) is 1. The van der Waals surface area contributed by atoms with E-state index in [1.807, 2.05) is 0 Å². The molecular formula is C16H12F3NO4. The zero-order valence-electron chi connectivity index (χ0n) is 12.4. The Morgan fingerprint density at radius 1 is 1.17 bits per heavy atom. The molecule has 5 nitrogen and oxygen atoms in total. The number of carbonyl (C=O) groups is 2. The van der Waals surface area contributed by atoms with Gasteiger partial charge in [-0.05, 0) is 36.4 Å². The van der Waals surface area contributed by atoms with Gasteiger partial charge < -0.3 is 14.5 Å². The Morgan fingerprint density at radius 3 is 2.33 bits per heavy atom. The molecule has 8 heteroatoms. The minimum absolute atomic E-state index is 0.0442. The average molecular weight is 339 g/mol. The van der Waals surface area contributed by atoms with Crippen molar-refractivity contribution in [3.63, 3.8) is 0 Å². The number of alkyl halides is 3. The van der Waals surface area contributed by atoms with Crippen molar-refractivity contribution in [2.45, 2.75) is 6.18 Å². The topological polar surface area (TPSA) is 68.5 Å². The molecule has 0 aliphatic heterocycles. The Morgan fingerprint density at radius 2 is 1.83 bits per heavy atom. The Bertz CT molecular complexity index is 747. The van der Waals surface area contributed by atoms with Gasteiger partial charge in [-0.3, -0.25) is 4.79 Å². The lowest BCUT2D eigenvalue weighted by molar-refractivity contribution is -0.138. The van der Waals surface area contributed by atoms with E-state index in [2.05, 4.69) is 10.1 Å². The number of benzene rings is 1. The summed E-state index contributed by atoms with van der Waals surface area (Å²) >= 11 is 0. The summed E-state index contributed by atoms with van der Waals surface area (Å²) in [4.78, 5) is 23.8. The highest BCUT2D eigenvalue weighted by molar-refractivity contribution is 6.03. The van der Waals surface area contributed by atoms with Crippen molar-refractivity contribution >= 4 is 18.0 Å². The van der Waals surface area contributed by atoms with Crippen LogP contribution in [0.15, 0.2) is 52.8 Å². The van der Waals surface area contributed by atoms with Crippen LogP contribution in [0.1, 0.15) is 21.7 Å². The molecule has 1 amide bonds. The normalized spacial score (nSPS) is 11.9. The monoisotopic (exact) mass is 339 g/mol. The maximum atomic E-state index is 12.5. The second-order valence-corrected chi connectivity index (χ2v) is 4.59. The maximum absolute atomic E-state index is 12.5. The summed E-state index contributed by atoms with van der Waals surface area (Å²) in [5.41, 5.74) is -1.13. The Kier molecular flexibility index (Phi) is 5.08. The number of ether oxygens (including phenoxy) is 1. The van der Waals surface area contributed by atoms with E-state index in [1.165, 1.54) is 12.3 Å². The number of nitrogens with one attached hydrogen (secondary N) is 1. The fraction of sp³-hybridized carbons (Fsp3) is 0.125. The van der Waals surface area contributed by atoms with Crippen molar-refractivity contribution in [3.05, 3.63) is 65.2 Å². The molecule has 1 aromatic heterocycles. The lowest BCUT2D eigenvalue weighted by atomic mass is 10.1. The van der Waals surface area contributed by atoms with E-state index in [0.29, 0.717) is 5.76 Å². The zero-order chi connectivity index (χ0) is 17.7. The highest BCUT2D eigenvalue weighted by Crippen LogP contribution is 2.29. The highest BCUT2D eigenvalue weighted by atomic mass is 19.4. The third-order valence-electron chi connectivity index (χ3n) is 2.96. The van der Waals surface area contributed by atoms with Crippen LogP contribution < -0.4 is 5.32 Å². The van der Waals surface area contributed by atoms with E-state index >= 15 is 0 Å². The first-order chi connectivity index (χ1) is 11.3. The smallest absolute Gasteiger partial charge is 0.416 e. The number of carbonyl (C=O) groups excluding carboxylic acids is 2. The molecule has 2 aromatic rings. The lowest BCUT2D eigenvalue weighted by Gasteiger charge is -2.09. The Labute approximate surface area is 134 Å². The fourth-order valence-electron chi connectivity index (χ4n) is 1.78. The fourth-order valence-corrected chi connectivity index (χ4v) is 1.78. The number of hydrogen-bond acceptors (Lipinski definition) is 4. The van der Waals surface area contributed by atoms with E-state index in [1.54, 1.807) is 12.1 Å². The van der Waals surface area contributed by atoms with Crippen LogP contribution in [0.5, 0.6) is 0 Å². The number of amides is 1. The first kappa shape index (κ1) is 17.3. The first-order valence-electron chi connectivity index (χ1n) is 6.63. The van der Waals surface area contributed by atoms with Crippen molar-refractivity contribution < 1.29 is 31.9 Å². The summed E-state index contributed by atoms with van der Waals surface area (Å²) in [5.74, 6) is -1.29. The molecule has 0 atom stereocenters. The van der Waals surface area contributed by atoms with Crippen LogP contribution in [0.4, 0.5) is 13.2 Å². The standard InChI is InChI=1S/C16H12F3NO4/c1-23-15(22)13(9-12-3-2-8-24-12)20-14(21)10-4-6-11(7-5-10)16(17,18)19/h2-9H,1H3,(H,20,21). The lowest BCUT2D eigenvalue weighted by Crippen LogP contribution is -2.28. The van der Waals surface area contributed by atoms with Crippen LogP contribution >= 0.6 is 0 Å². The van der Waals surface area contributed by atoms with Gasteiger partial charge in [0.05, 0.1) is 18.9 Å². The summed E-state index contributed by atoms with van der Waals surface area (Å²) in [6.45, 7) is 0. The molecule has 0 aliphatic carbocycles. The largest absolute Gasteiger partial charge is 0.465 e. The van der Waals surface area contributed by atoms with E-state index in [0.717, 1.165) is 31.4 Å². The number of esters is 1. The Balaban J connectivity index is 2.20. The molecule has 0 radical (unpaired) electrons. The quantitative estimate of drug-likeness (QED) is 0.686. The van der Waals surface area contributed by atoms with Gasteiger partial charge in [-0.1, -0.05) is 0 Å². The molecule has 24 heavy (non-hydrogen) atoms. The van der Waals surface area contributed by atoms with Gasteiger partial charge in [-0.2, -0.15) is 13.2 Å². The summed E-state index contributed by atoms with van der Waals surface area (Å²) in [6, 6.07) is 6.72. The van der Waals surface area contributed by atoms with Gasteiger partial charge in [0.15, 0.2) is 0 Å². The van der Waals surface area contributed by atoms with Crippen LogP contribution in [0, 0.1) is 0 Å². The minimum atomic E-state index is -4.49. The molecule has 0 saturated heterocycles. The summed E-state index contributed by atoms with van der Waals surface area (Å²) in [7, 11) is 1.13. The van der Waals surface area contributed by atoms with Gasteiger partial charge in [0, 0.05) is 11.6 Å². The molecule has 1 heterocycles. The molecular weight excluding hydrogens is 327 g/mol. The maximum Gasteiger partial charge on any atom is 0.416 e. The van der Waals surface area contributed by atoms with Crippen LogP contribution in [0.2, 0.25) is 0 Å². The van der Waals surface area contributed by atoms with Crippen LogP contribution in [-0.2, 0) is 15.7 Å². The summed E-state index contributed by atoms with van der Waals surface area (Å²) < 4.78 is 47.1. The number of rotatable bonds is 4. The van der Waals surface area contributed by atoms with E-state index < -0.39 is 23.6 Å². The third kappa shape index (κ3) is 4.25. The molecule has 0 bridgehead atoms. The molecule has 0 aliphatic rings. The van der Waals surface area contributed by atoms with Gasteiger partial charge in [0.1, 0.15) is 11.5 Å². The van der Waals surface area contributed by atoms with Crippen LogP contribution in [0.25, 0.3) is 6.08 Å². The highest BCUT2D eigenvalue weighted by Gasteiger charge is 2.30. The third-order valence-corrected chi connectivity index (χ3v) is 2.96. The van der Waals surface area contributed by atoms with E-state index in [4.69, 9.17) is 4.42 Å². The molecule has 2 rings (SSSR count). The summed E-state index contributed by atoms with van der Waals surface area (Å²) in [5, 5.41) is 2.29. The second kappa shape index (κ2) is 7.03. The van der Waals surface area contributed by atoms with E-state index in [9.17, 15) is 22.8 Å². The SMILES string of the molecule is COC(=O)C(=Cc1ccco1)NC(=O)c1ccc(C(F)(F)F)cc1. The molecule has 1 N–H and O–H groups in total. The van der Waals surface area contributed by atoms with Crippen molar-refractivity contribution in [1.82, 2.24) is 5.32 Å². The zero-order valence-corrected chi connectivity index (χ0v) is 12.4. The van der Waals surface area contributed by atoms with Crippen LogP contribution in [-0.4, -0.2) is 19.0 Å². The molecule has 0 saturated carbocycles. The summed E-state index contributed by atoms with van der Waals surface area (Å²) in [6.07, 6.45) is -1.88. The van der Waals surface area contributed by atoms with Crippen LogP contribution in [0.3, 0.4) is 0 Å². The predicted octanol–water partition coefficient (Wildman–Crippen LogP) is 3.24. The van der Waals surface area contributed by atoms with Gasteiger partial charge in [-0.25, -0.2) is 4.79 Å².